The number of nitrogens with zero attached hydrogens (tertiary/aromatic N) is 3. The molecule has 0 saturated heterocycles. The lowest BCUT2D eigenvalue weighted by Gasteiger charge is -2.14. The molecule has 132 valence electrons. The Hall–Kier alpha value is -3.09. The molecule has 6 heteroatoms. The summed E-state index contributed by atoms with van der Waals surface area (Å²) in [6.07, 6.45) is 1.05. The standard InChI is InChI=1S/C20H22N6/c1-14-15(7-6-10-21)19(23-11-12-25(2)3)26-18-9-5-4-8-17(18)24-20(26)16(14)13-22/h4-5,8-9H,6-7,11-12H2,1-3H3,(H,23,24)/p+2. The van der Waals surface area contributed by atoms with Crippen molar-refractivity contribution in [3.63, 3.8) is 0 Å². The minimum Gasteiger partial charge on any atom is -0.337 e. The predicted octanol–water partition coefficient (Wildman–Crippen LogP) is 1.10. The van der Waals surface area contributed by atoms with Gasteiger partial charge < -0.3 is 4.90 Å². The quantitative estimate of drug-likeness (QED) is 0.583. The molecule has 2 aromatic heterocycles. The number of pyridine rings is 1. The second kappa shape index (κ2) is 7.43. The minimum atomic E-state index is 0.424. The van der Waals surface area contributed by atoms with E-state index >= 15 is 0 Å². The average Bonchev–Trinajstić information content (AvgIpc) is 3.00. The Morgan fingerprint density at radius 3 is 2.69 bits per heavy atom. The number of H-pyrrole nitrogens is 1. The summed E-state index contributed by atoms with van der Waals surface area (Å²) in [7, 11) is 4.24. The Kier molecular flexibility index (Phi) is 5.06. The number of likely N-dealkylation sites (N-methyl/N-ethyl adjacent to an activating group) is 1. The van der Waals surface area contributed by atoms with Crippen LogP contribution in [-0.2, 0) is 6.42 Å². The van der Waals surface area contributed by atoms with Gasteiger partial charge in [0.15, 0.2) is 0 Å². The second-order valence-electron chi connectivity index (χ2n) is 6.81. The van der Waals surface area contributed by atoms with Gasteiger partial charge in [0.05, 0.1) is 20.2 Å². The summed E-state index contributed by atoms with van der Waals surface area (Å²) in [5.41, 5.74) is 5.43. The smallest absolute Gasteiger partial charge is 0.250 e. The van der Waals surface area contributed by atoms with E-state index in [2.05, 4.69) is 40.9 Å². The fourth-order valence-electron chi connectivity index (χ4n) is 3.37. The zero-order valence-electron chi connectivity index (χ0n) is 15.5. The highest BCUT2D eigenvalue weighted by atomic mass is 15.1. The Bertz CT molecular complexity index is 1030. The number of hydrogen-bond acceptors (Lipinski definition) is 3. The Morgan fingerprint density at radius 2 is 2.00 bits per heavy atom. The minimum absolute atomic E-state index is 0.424. The van der Waals surface area contributed by atoms with Crippen molar-refractivity contribution in [2.75, 3.05) is 32.5 Å². The van der Waals surface area contributed by atoms with Gasteiger partial charge in [0.25, 0.3) is 0 Å². The van der Waals surface area contributed by atoms with Crippen molar-refractivity contribution in [3.8, 4) is 12.1 Å². The van der Waals surface area contributed by atoms with Crippen LogP contribution in [0.25, 0.3) is 16.7 Å². The van der Waals surface area contributed by atoms with E-state index in [1.54, 1.807) is 0 Å². The summed E-state index contributed by atoms with van der Waals surface area (Å²) >= 11 is 0. The van der Waals surface area contributed by atoms with Gasteiger partial charge >= 0.3 is 0 Å². The molecule has 3 rings (SSSR count). The molecule has 0 fully saturated rings. The molecule has 6 nitrogen and oxygen atoms in total. The number of aromatic amines is 1. The monoisotopic (exact) mass is 348 g/mol. The molecule has 2 heterocycles. The van der Waals surface area contributed by atoms with Crippen LogP contribution >= 0.6 is 0 Å². The summed E-state index contributed by atoms with van der Waals surface area (Å²) in [6, 6.07) is 12.6. The van der Waals surface area contributed by atoms with Crippen LogP contribution in [0.5, 0.6) is 0 Å². The first-order valence-corrected chi connectivity index (χ1v) is 8.86. The SMILES string of the molecule is Cc1c(CCC#N)c(NCC[NH+](C)C)[n+]2c([nH]c3ccccc32)c1C#N. The number of aromatic nitrogens is 2. The molecule has 0 bridgehead atoms. The van der Waals surface area contributed by atoms with Crippen molar-refractivity contribution in [1.29, 1.82) is 10.5 Å². The molecule has 0 spiro atoms. The Morgan fingerprint density at radius 1 is 1.23 bits per heavy atom. The number of fused-ring (bicyclic) bond motifs is 3. The third-order valence-electron chi connectivity index (χ3n) is 4.71. The maximum atomic E-state index is 9.76. The van der Waals surface area contributed by atoms with Gasteiger partial charge in [-0.2, -0.15) is 14.9 Å². The summed E-state index contributed by atoms with van der Waals surface area (Å²) < 4.78 is 2.10. The molecular weight excluding hydrogens is 324 g/mol. The molecule has 0 amide bonds. The van der Waals surface area contributed by atoms with E-state index in [-0.39, 0.29) is 0 Å². The molecule has 0 aliphatic carbocycles. The first-order chi connectivity index (χ1) is 12.6. The maximum absolute atomic E-state index is 9.76. The summed E-state index contributed by atoms with van der Waals surface area (Å²) in [5, 5.41) is 22.4. The number of rotatable bonds is 6. The largest absolute Gasteiger partial charge is 0.337 e. The van der Waals surface area contributed by atoms with Crippen LogP contribution in [0.4, 0.5) is 5.82 Å². The molecular formula is C20H24N6+2. The van der Waals surface area contributed by atoms with E-state index in [9.17, 15) is 5.26 Å². The van der Waals surface area contributed by atoms with Gasteiger partial charge in [0, 0.05) is 12.0 Å². The van der Waals surface area contributed by atoms with E-state index in [1.165, 1.54) is 4.90 Å². The van der Waals surface area contributed by atoms with Crippen molar-refractivity contribution in [3.05, 3.63) is 41.0 Å². The lowest BCUT2D eigenvalue weighted by Crippen LogP contribution is -3.06. The molecule has 0 atom stereocenters. The van der Waals surface area contributed by atoms with Crippen LogP contribution in [0.15, 0.2) is 24.3 Å². The molecule has 0 aliphatic rings. The summed E-state index contributed by atoms with van der Waals surface area (Å²) in [6.45, 7) is 3.76. The average molecular weight is 348 g/mol. The number of anilines is 1. The van der Waals surface area contributed by atoms with Crippen LogP contribution in [-0.4, -0.2) is 32.2 Å². The number of quaternary nitrogens is 1. The number of benzene rings is 1. The number of nitriles is 2. The van der Waals surface area contributed by atoms with Crippen molar-refractivity contribution < 1.29 is 9.30 Å². The Balaban J connectivity index is 2.30. The van der Waals surface area contributed by atoms with Crippen LogP contribution in [0.3, 0.4) is 0 Å². The van der Waals surface area contributed by atoms with Gasteiger partial charge in [-0.1, -0.05) is 12.1 Å². The Labute approximate surface area is 153 Å². The van der Waals surface area contributed by atoms with Crippen molar-refractivity contribution in [1.82, 2.24) is 4.98 Å². The van der Waals surface area contributed by atoms with Crippen LogP contribution in [0, 0.1) is 29.6 Å². The molecule has 26 heavy (non-hydrogen) atoms. The van der Waals surface area contributed by atoms with Gasteiger partial charge in [0.1, 0.15) is 35.8 Å². The number of para-hydroxylation sites is 2. The molecule has 0 saturated carbocycles. The molecule has 3 N–H and O–H groups in total. The molecule has 3 aromatic rings. The van der Waals surface area contributed by atoms with Crippen LogP contribution < -0.4 is 14.6 Å². The van der Waals surface area contributed by atoms with E-state index in [1.807, 2.05) is 31.2 Å². The van der Waals surface area contributed by atoms with Crippen molar-refractivity contribution in [2.24, 2.45) is 0 Å². The van der Waals surface area contributed by atoms with Crippen LogP contribution in [0.1, 0.15) is 23.1 Å². The van der Waals surface area contributed by atoms with Crippen molar-refractivity contribution in [2.45, 2.75) is 19.8 Å². The van der Waals surface area contributed by atoms with Gasteiger partial charge in [0.2, 0.25) is 11.5 Å². The molecule has 0 radical (unpaired) electrons. The number of hydrogen-bond donors (Lipinski definition) is 3. The van der Waals surface area contributed by atoms with Gasteiger partial charge in [-0.15, -0.1) is 0 Å². The predicted molar refractivity (Wildman–Crippen MR) is 101 cm³/mol. The highest BCUT2D eigenvalue weighted by Crippen LogP contribution is 2.26. The lowest BCUT2D eigenvalue weighted by atomic mass is 10.0. The number of imidazole rings is 1. The highest BCUT2D eigenvalue weighted by molar-refractivity contribution is 5.78. The summed E-state index contributed by atoms with van der Waals surface area (Å²) in [5.74, 6) is 0.977. The van der Waals surface area contributed by atoms with Crippen molar-refractivity contribution >= 4 is 22.5 Å². The molecule has 0 unspecified atom stereocenters. The third-order valence-corrected chi connectivity index (χ3v) is 4.71. The second-order valence-corrected chi connectivity index (χ2v) is 6.81. The van der Waals surface area contributed by atoms with Gasteiger partial charge in [-0.3, -0.25) is 10.3 Å². The van der Waals surface area contributed by atoms with Crippen LogP contribution in [0.2, 0.25) is 0 Å². The van der Waals surface area contributed by atoms with E-state index < -0.39 is 0 Å². The fourth-order valence-corrected chi connectivity index (χ4v) is 3.37. The summed E-state index contributed by atoms with van der Waals surface area (Å²) in [4.78, 5) is 4.75. The maximum Gasteiger partial charge on any atom is 0.250 e. The first kappa shape index (κ1) is 17.7. The first-order valence-electron chi connectivity index (χ1n) is 8.86. The van der Waals surface area contributed by atoms with Gasteiger partial charge in [-0.25, -0.2) is 0 Å². The number of nitrogens with one attached hydrogen (secondary N) is 3. The third kappa shape index (κ3) is 3.08. The van der Waals surface area contributed by atoms with E-state index in [0.717, 1.165) is 46.7 Å². The molecule has 0 aliphatic heterocycles. The lowest BCUT2D eigenvalue weighted by molar-refractivity contribution is -0.856. The zero-order chi connectivity index (χ0) is 18.7. The molecule has 1 aromatic carbocycles. The van der Waals surface area contributed by atoms with E-state index in [4.69, 9.17) is 5.26 Å². The van der Waals surface area contributed by atoms with Gasteiger partial charge in [-0.05, 0) is 31.0 Å². The van der Waals surface area contributed by atoms with E-state index in [0.29, 0.717) is 18.4 Å². The zero-order valence-corrected chi connectivity index (χ0v) is 15.5. The topological polar surface area (TPSA) is 83.9 Å². The highest BCUT2D eigenvalue weighted by Gasteiger charge is 2.25. The fraction of sp³-hybridized carbons (Fsp3) is 0.350. The normalized spacial score (nSPS) is 11.0.